The van der Waals surface area contributed by atoms with Crippen molar-refractivity contribution in [3.05, 3.63) is 66.6 Å². The number of hydrogen-bond acceptors (Lipinski definition) is 3. The first-order chi connectivity index (χ1) is 11.3. The van der Waals surface area contributed by atoms with Crippen molar-refractivity contribution in [2.24, 2.45) is 0 Å². The molecule has 0 spiro atoms. The average Bonchev–Trinajstić information content (AvgIpc) is 3.06. The normalized spacial score (nSPS) is 15.1. The second-order valence-corrected chi connectivity index (χ2v) is 5.71. The predicted molar refractivity (Wildman–Crippen MR) is 89.8 cm³/mol. The van der Waals surface area contributed by atoms with E-state index in [1.54, 1.807) is 6.20 Å². The van der Waals surface area contributed by atoms with Gasteiger partial charge in [-0.2, -0.15) is 0 Å². The predicted octanol–water partition coefficient (Wildman–Crippen LogP) is 2.30. The molecule has 2 aromatic heterocycles. The zero-order chi connectivity index (χ0) is 15.6. The summed E-state index contributed by atoms with van der Waals surface area (Å²) in [5, 5.41) is 0. The zero-order valence-electron chi connectivity index (χ0n) is 12.8. The maximum Gasteiger partial charge on any atom is 0.274 e. The van der Waals surface area contributed by atoms with E-state index in [0.717, 1.165) is 31.8 Å². The second-order valence-electron chi connectivity index (χ2n) is 5.71. The molecule has 23 heavy (non-hydrogen) atoms. The minimum atomic E-state index is 0.0152. The van der Waals surface area contributed by atoms with Crippen LogP contribution in [0.1, 0.15) is 10.5 Å². The van der Waals surface area contributed by atoms with Gasteiger partial charge in [0.2, 0.25) is 0 Å². The summed E-state index contributed by atoms with van der Waals surface area (Å²) in [6.07, 6.45) is 3.72. The lowest BCUT2D eigenvalue weighted by Crippen LogP contribution is -2.48. The Labute approximate surface area is 134 Å². The maximum atomic E-state index is 12.6. The van der Waals surface area contributed by atoms with Gasteiger partial charge < -0.3 is 14.2 Å². The van der Waals surface area contributed by atoms with E-state index in [4.69, 9.17) is 0 Å². The smallest absolute Gasteiger partial charge is 0.274 e. The van der Waals surface area contributed by atoms with Crippen molar-refractivity contribution < 1.29 is 4.79 Å². The largest absolute Gasteiger partial charge is 0.368 e. The van der Waals surface area contributed by atoms with E-state index in [1.165, 1.54) is 5.69 Å². The Hall–Kier alpha value is -2.82. The molecule has 0 bridgehead atoms. The number of benzene rings is 1. The van der Waals surface area contributed by atoms with E-state index in [1.807, 2.05) is 51.9 Å². The minimum Gasteiger partial charge on any atom is -0.368 e. The van der Waals surface area contributed by atoms with Gasteiger partial charge in [0.1, 0.15) is 11.3 Å². The van der Waals surface area contributed by atoms with Crippen LogP contribution in [-0.4, -0.2) is 46.4 Å². The van der Waals surface area contributed by atoms with E-state index in [-0.39, 0.29) is 5.91 Å². The summed E-state index contributed by atoms with van der Waals surface area (Å²) in [6.45, 7) is 3.15. The Balaban J connectivity index is 1.46. The number of imidazole rings is 1. The van der Waals surface area contributed by atoms with Crippen molar-refractivity contribution >= 4 is 17.2 Å². The number of amides is 1. The zero-order valence-corrected chi connectivity index (χ0v) is 12.8. The molecule has 116 valence electrons. The highest BCUT2D eigenvalue weighted by atomic mass is 16.2. The summed E-state index contributed by atoms with van der Waals surface area (Å²) in [7, 11) is 0. The van der Waals surface area contributed by atoms with Crippen LogP contribution in [0.5, 0.6) is 0 Å². The van der Waals surface area contributed by atoms with Gasteiger partial charge in [0.15, 0.2) is 0 Å². The molecule has 1 aliphatic rings. The number of aromatic nitrogens is 2. The van der Waals surface area contributed by atoms with E-state index in [0.29, 0.717) is 5.69 Å². The SMILES string of the molecule is O=C(c1cn2ccccc2n1)N1CCN(c2ccccc2)CC1. The van der Waals surface area contributed by atoms with Gasteiger partial charge >= 0.3 is 0 Å². The summed E-state index contributed by atoms with van der Waals surface area (Å²) in [4.78, 5) is 21.3. The third kappa shape index (κ3) is 2.65. The topological polar surface area (TPSA) is 40.9 Å². The van der Waals surface area contributed by atoms with Gasteiger partial charge in [-0.25, -0.2) is 4.98 Å². The summed E-state index contributed by atoms with van der Waals surface area (Å²) in [5.74, 6) is 0.0152. The van der Waals surface area contributed by atoms with Crippen LogP contribution in [0.2, 0.25) is 0 Å². The molecular weight excluding hydrogens is 288 g/mol. The molecule has 0 aliphatic carbocycles. The van der Waals surface area contributed by atoms with E-state index >= 15 is 0 Å². The van der Waals surface area contributed by atoms with Crippen molar-refractivity contribution in [1.29, 1.82) is 0 Å². The number of rotatable bonds is 2. The Morgan fingerprint density at radius 3 is 2.39 bits per heavy atom. The van der Waals surface area contributed by atoms with Gasteiger partial charge in [0.05, 0.1) is 0 Å². The third-order valence-electron chi connectivity index (χ3n) is 4.27. The number of carbonyl (C=O) groups is 1. The lowest BCUT2D eigenvalue weighted by molar-refractivity contribution is 0.0741. The molecule has 3 heterocycles. The molecule has 1 aromatic carbocycles. The van der Waals surface area contributed by atoms with Crippen LogP contribution in [0.15, 0.2) is 60.9 Å². The number of pyridine rings is 1. The van der Waals surface area contributed by atoms with Gasteiger partial charge in [-0.15, -0.1) is 0 Å². The van der Waals surface area contributed by atoms with E-state index in [2.05, 4.69) is 22.0 Å². The number of para-hydroxylation sites is 1. The van der Waals surface area contributed by atoms with E-state index in [9.17, 15) is 4.79 Å². The Bertz CT molecular complexity index is 786. The van der Waals surface area contributed by atoms with Gasteiger partial charge in [0.25, 0.3) is 5.91 Å². The quantitative estimate of drug-likeness (QED) is 0.729. The van der Waals surface area contributed by atoms with Crippen LogP contribution >= 0.6 is 0 Å². The Kier molecular flexibility index (Phi) is 3.46. The fraction of sp³-hybridized carbons (Fsp3) is 0.222. The molecule has 1 saturated heterocycles. The van der Waals surface area contributed by atoms with Gasteiger partial charge in [-0.3, -0.25) is 4.79 Å². The molecule has 3 aromatic rings. The van der Waals surface area contributed by atoms with Crippen molar-refractivity contribution in [3.8, 4) is 0 Å². The van der Waals surface area contributed by atoms with Gasteiger partial charge in [-0.1, -0.05) is 24.3 Å². The molecule has 1 amide bonds. The monoisotopic (exact) mass is 306 g/mol. The van der Waals surface area contributed by atoms with Crippen LogP contribution in [0.3, 0.4) is 0 Å². The highest BCUT2D eigenvalue weighted by Gasteiger charge is 2.23. The summed E-state index contributed by atoms with van der Waals surface area (Å²) in [6, 6.07) is 16.1. The lowest BCUT2D eigenvalue weighted by atomic mass is 10.2. The highest BCUT2D eigenvalue weighted by molar-refractivity contribution is 5.93. The molecule has 1 fully saturated rings. The fourth-order valence-corrected chi connectivity index (χ4v) is 3.01. The third-order valence-corrected chi connectivity index (χ3v) is 4.27. The van der Waals surface area contributed by atoms with Crippen LogP contribution in [0.25, 0.3) is 5.65 Å². The highest BCUT2D eigenvalue weighted by Crippen LogP contribution is 2.17. The molecule has 0 saturated carbocycles. The van der Waals surface area contributed by atoms with Gasteiger partial charge in [-0.05, 0) is 24.3 Å². The Morgan fingerprint density at radius 2 is 1.65 bits per heavy atom. The minimum absolute atomic E-state index is 0.0152. The molecule has 0 radical (unpaired) electrons. The molecule has 0 unspecified atom stereocenters. The number of anilines is 1. The number of nitrogens with zero attached hydrogens (tertiary/aromatic N) is 4. The molecule has 1 aliphatic heterocycles. The number of carbonyl (C=O) groups excluding carboxylic acids is 1. The standard InChI is InChI=1S/C18H18N4O/c23-18(16-14-22-9-5-4-8-17(22)19-16)21-12-10-20(11-13-21)15-6-2-1-3-7-15/h1-9,14H,10-13H2. The van der Waals surface area contributed by atoms with Crippen LogP contribution in [0.4, 0.5) is 5.69 Å². The first-order valence-corrected chi connectivity index (χ1v) is 7.84. The van der Waals surface area contributed by atoms with Crippen LogP contribution in [0, 0.1) is 0 Å². The molecular formula is C18H18N4O. The van der Waals surface area contributed by atoms with Crippen LogP contribution in [-0.2, 0) is 0 Å². The van der Waals surface area contributed by atoms with Gasteiger partial charge in [0, 0.05) is 44.3 Å². The molecule has 5 nitrogen and oxygen atoms in total. The maximum absolute atomic E-state index is 12.6. The van der Waals surface area contributed by atoms with Crippen molar-refractivity contribution in [2.75, 3.05) is 31.1 Å². The van der Waals surface area contributed by atoms with Crippen molar-refractivity contribution in [3.63, 3.8) is 0 Å². The van der Waals surface area contributed by atoms with Crippen molar-refractivity contribution in [2.45, 2.75) is 0 Å². The molecule has 0 atom stereocenters. The summed E-state index contributed by atoms with van der Waals surface area (Å²) >= 11 is 0. The first kappa shape index (κ1) is 13.8. The number of fused-ring (bicyclic) bond motifs is 1. The number of hydrogen-bond donors (Lipinski definition) is 0. The molecule has 0 N–H and O–H groups in total. The Morgan fingerprint density at radius 1 is 0.913 bits per heavy atom. The first-order valence-electron chi connectivity index (χ1n) is 7.84. The average molecular weight is 306 g/mol. The van der Waals surface area contributed by atoms with E-state index < -0.39 is 0 Å². The fourth-order valence-electron chi connectivity index (χ4n) is 3.01. The molecule has 4 rings (SSSR count). The summed E-state index contributed by atoms with van der Waals surface area (Å²) in [5.41, 5.74) is 2.54. The second kappa shape index (κ2) is 5.76. The lowest BCUT2D eigenvalue weighted by Gasteiger charge is -2.35. The molecule has 5 heteroatoms. The van der Waals surface area contributed by atoms with Crippen LogP contribution < -0.4 is 4.90 Å². The number of piperazine rings is 1. The summed E-state index contributed by atoms with van der Waals surface area (Å²) < 4.78 is 1.88. The van der Waals surface area contributed by atoms with Crippen molar-refractivity contribution in [1.82, 2.24) is 14.3 Å².